The lowest BCUT2D eigenvalue weighted by molar-refractivity contribution is 0.102. The van der Waals surface area contributed by atoms with Crippen LogP contribution < -0.4 is 10.0 Å². The number of carbonyl (C=O) groups excluding carboxylic acids is 1. The molecule has 0 unspecified atom stereocenters. The molecule has 0 aliphatic carbocycles. The normalized spacial score (nSPS) is 11.2. The van der Waals surface area contributed by atoms with Gasteiger partial charge in [-0.3, -0.25) is 9.52 Å². The monoisotopic (exact) mass is 440 g/mol. The van der Waals surface area contributed by atoms with E-state index in [-0.39, 0.29) is 10.8 Å². The Morgan fingerprint density at radius 1 is 0.967 bits per heavy atom. The van der Waals surface area contributed by atoms with Crippen molar-refractivity contribution in [2.24, 2.45) is 0 Å². The SMILES string of the molecule is CCc1cccc(C)c1NC(=O)c1ccc(NS(=O)(=O)c2ccc(SC)cc2)cc1. The molecule has 0 saturated heterocycles. The lowest BCUT2D eigenvalue weighted by Gasteiger charge is -2.13. The summed E-state index contributed by atoms with van der Waals surface area (Å²) in [4.78, 5) is 13.8. The molecule has 30 heavy (non-hydrogen) atoms. The van der Waals surface area contributed by atoms with E-state index in [1.165, 1.54) is 0 Å². The molecule has 0 aliphatic rings. The van der Waals surface area contributed by atoms with Gasteiger partial charge >= 0.3 is 0 Å². The zero-order valence-electron chi connectivity index (χ0n) is 17.1. The maximum absolute atomic E-state index is 12.7. The number of hydrogen-bond acceptors (Lipinski definition) is 4. The number of anilines is 2. The Labute approximate surface area is 182 Å². The molecule has 0 heterocycles. The van der Waals surface area contributed by atoms with Gasteiger partial charge in [0.2, 0.25) is 0 Å². The average Bonchev–Trinajstić information content (AvgIpc) is 2.75. The van der Waals surface area contributed by atoms with E-state index < -0.39 is 10.0 Å². The van der Waals surface area contributed by atoms with Crippen molar-refractivity contribution in [1.82, 2.24) is 0 Å². The molecular weight excluding hydrogens is 416 g/mol. The second-order valence-corrected chi connectivity index (χ2v) is 9.34. The van der Waals surface area contributed by atoms with Gasteiger partial charge in [0.25, 0.3) is 15.9 Å². The smallest absolute Gasteiger partial charge is 0.261 e. The number of carbonyl (C=O) groups is 1. The summed E-state index contributed by atoms with van der Waals surface area (Å²) >= 11 is 1.55. The lowest BCUT2D eigenvalue weighted by atomic mass is 10.1. The van der Waals surface area contributed by atoms with Gasteiger partial charge in [-0.05, 0) is 79.3 Å². The highest BCUT2D eigenvalue weighted by Gasteiger charge is 2.15. The highest BCUT2D eigenvalue weighted by molar-refractivity contribution is 7.98. The third-order valence-electron chi connectivity index (χ3n) is 4.75. The molecule has 5 nitrogen and oxygen atoms in total. The fraction of sp³-hybridized carbons (Fsp3) is 0.174. The Morgan fingerprint density at radius 3 is 2.23 bits per heavy atom. The van der Waals surface area contributed by atoms with Crippen LogP contribution in [-0.4, -0.2) is 20.6 Å². The topological polar surface area (TPSA) is 75.3 Å². The van der Waals surface area contributed by atoms with Crippen LogP contribution in [0.3, 0.4) is 0 Å². The van der Waals surface area contributed by atoms with Gasteiger partial charge < -0.3 is 5.32 Å². The van der Waals surface area contributed by atoms with Crippen molar-refractivity contribution in [2.45, 2.75) is 30.1 Å². The average molecular weight is 441 g/mol. The van der Waals surface area contributed by atoms with Gasteiger partial charge in [-0.2, -0.15) is 0 Å². The maximum atomic E-state index is 12.7. The van der Waals surface area contributed by atoms with Crippen molar-refractivity contribution in [3.8, 4) is 0 Å². The Kier molecular flexibility index (Phi) is 6.84. The molecule has 0 aromatic heterocycles. The van der Waals surface area contributed by atoms with E-state index in [9.17, 15) is 13.2 Å². The van der Waals surface area contributed by atoms with Gasteiger partial charge in [0.05, 0.1) is 4.90 Å². The van der Waals surface area contributed by atoms with E-state index in [1.54, 1.807) is 60.3 Å². The summed E-state index contributed by atoms with van der Waals surface area (Å²) < 4.78 is 27.7. The molecule has 3 aromatic rings. The van der Waals surface area contributed by atoms with Crippen LogP contribution in [0.25, 0.3) is 0 Å². The Morgan fingerprint density at radius 2 is 1.63 bits per heavy atom. The third kappa shape index (κ3) is 5.04. The van der Waals surface area contributed by atoms with Gasteiger partial charge in [0.1, 0.15) is 0 Å². The number of aryl methyl sites for hydroxylation is 2. The van der Waals surface area contributed by atoms with E-state index in [1.807, 2.05) is 38.3 Å². The molecule has 0 saturated carbocycles. The van der Waals surface area contributed by atoms with E-state index in [0.29, 0.717) is 11.3 Å². The van der Waals surface area contributed by atoms with Crippen molar-refractivity contribution in [3.63, 3.8) is 0 Å². The standard InChI is InChI=1S/C23H24N2O3S2/c1-4-17-7-5-6-16(2)22(17)24-23(26)18-8-10-19(11-9-18)25-30(27,28)21-14-12-20(29-3)13-15-21/h5-15,25H,4H2,1-3H3,(H,24,26). The largest absolute Gasteiger partial charge is 0.321 e. The van der Waals surface area contributed by atoms with Crippen molar-refractivity contribution in [2.75, 3.05) is 16.3 Å². The lowest BCUT2D eigenvalue weighted by Crippen LogP contribution is -2.15. The molecule has 0 aliphatic heterocycles. The first-order valence-corrected chi connectivity index (χ1v) is 12.2. The number of nitrogens with one attached hydrogen (secondary N) is 2. The van der Waals surface area contributed by atoms with Crippen LogP contribution >= 0.6 is 11.8 Å². The van der Waals surface area contributed by atoms with E-state index in [0.717, 1.165) is 28.1 Å². The second-order valence-electron chi connectivity index (χ2n) is 6.78. The maximum Gasteiger partial charge on any atom is 0.261 e. The summed E-state index contributed by atoms with van der Waals surface area (Å²) in [6.45, 7) is 4.00. The molecule has 156 valence electrons. The van der Waals surface area contributed by atoms with Crippen LogP contribution in [-0.2, 0) is 16.4 Å². The van der Waals surface area contributed by atoms with Gasteiger partial charge in [0, 0.05) is 21.8 Å². The van der Waals surface area contributed by atoms with Gasteiger partial charge in [-0.25, -0.2) is 8.42 Å². The fourth-order valence-corrected chi connectivity index (χ4v) is 4.51. The molecule has 0 spiro atoms. The van der Waals surface area contributed by atoms with Crippen LogP contribution in [0.2, 0.25) is 0 Å². The number of sulfonamides is 1. The summed E-state index contributed by atoms with van der Waals surface area (Å²) in [6, 6.07) is 19.0. The van der Waals surface area contributed by atoms with Gasteiger partial charge in [-0.15, -0.1) is 11.8 Å². The first-order valence-electron chi connectivity index (χ1n) is 9.51. The van der Waals surface area contributed by atoms with Crippen molar-refractivity contribution in [1.29, 1.82) is 0 Å². The first kappa shape index (κ1) is 21.9. The molecule has 0 bridgehead atoms. The zero-order valence-corrected chi connectivity index (χ0v) is 18.7. The third-order valence-corrected chi connectivity index (χ3v) is 6.89. The first-order chi connectivity index (χ1) is 14.3. The van der Waals surface area contributed by atoms with E-state index in [4.69, 9.17) is 0 Å². The summed E-state index contributed by atoms with van der Waals surface area (Å²) in [5.74, 6) is -0.235. The minimum atomic E-state index is -3.69. The van der Waals surface area contributed by atoms with Crippen molar-refractivity contribution >= 4 is 39.1 Å². The molecule has 0 atom stereocenters. The van der Waals surface area contributed by atoms with Crippen LogP contribution in [0.4, 0.5) is 11.4 Å². The van der Waals surface area contributed by atoms with Gasteiger partial charge in [-0.1, -0.05) is 25.1 Å². The molecule has 7 heteroatoms. The number of benzene rings is 3. The Balaban J connectivity index is 1.74. The number of thioether (sulfide) groups is 1. The highest BCUT2D eigenvalue weighted by Crippen LogP contribution is 2.23. The second kappa shape index (κ2) is 9.36. The summed E-state index contributed by atoms with van der Waals surface area (Å²) in [5.41, 5.74) is 3.74. The molecule has 3 rings (SSSR count). The number of para-hydroxylation sites is 1. The molecule has 0 radical (unpaired) electrons. The Hall–Kier alpha value is -2.77. The van der Waals surface area contributed by atoms with Gasteiger partial charge in [0.15, 0.2) is 0 Å². The molecule has 3 aromatic carbocycles. The fourth-order valence-electron chi connectivity index (χ4n) is 3.05. The summed E-state index contributed by atoms with van der Waals surface area (Å²) in [6.07, 6.45) is 2.75. The van der Waals surface area contributed by atoms with Crippen LogP contribution in [0.15, 0.2) is 76.5 Å². The van der Waals surface area contributed by atoms with Crippen molar-refractivity contribution in [3.05, 3.63) is 83.4 Å². The van der Waals surface area contributed by atoms with E-state index >= 15 is 0 Å². The summed E-state index contributed by atoms with van der Waals surface area (Å²) in [5, 5.41) is 2.97. The number of amides is 1. The van der Waals surface area contributed by atoms with E-state index in [2.05, 4.69) is 10.0 Å². The predicted molar refractivity (Wildman–Crippen MR) is 124 cm³/mol. The number of rotatable bonds is 7. The molecule has 1 amide bonds. The Bertz CT molecular complexity index is 1140. The quantitative estimate of drug-likeness (QED) is 0.487. The predicted octanol–water partition coefficient (Wildman–Crippen LogP) is 5.33. The molecule has 2 N–H and O–H groups in total. The van der Waals surface area contributed by atoms with Crippen LogP contribution in [0.1, 0.15) is 28.4 Å². The molecular formula is C23H24N2O3S2. The van der Waals surface area contributed by atoms with Crippen LogP contribution in [0, 0.1) is 6.92 Å². The number of hydrogen-bond donors (Lipinski definition) is 2. The van der Waals surface area contributed by atoms with Crippen molar-refractivity contribution < 1.29 is 13.2 Å². The minimum absolute atomic E-state index is 0.189. The molecule has 0 fully saturated rings. The van der Waals surface area contributed by atoms with Crippen LogP contribution in [0.5, 0.6) is 0 Å². The minimum Gasteiger partial charge on any atom is -0.321 e. The zero-order chi connectivity index (χ0) is 21.7. The summed E-state index contributed by atoms with van der Waals surface area (Å²) in [7, 11) is -3.69. The highest BCUT2D eigenvalue weighted by atomic mass is 32.2.